The van der Waals surface area contributed by atoms with Gasteiger partial charge in [0.25, 0.3) is 0 Å². The second kappa shape index (κ2) is 7.34. The van der Waals surface area contributed by atoms with Gasteiger partial charge in [0.15, 0.2) is 0 Å². The van der Waals surface area contributed by atoms with Crippen molar-refractivity contribution in [3.63, 3.8) is 0 Å². The summed E-state index contributed by atoms with van der Waals surface area (Å²) in [6, 6.07) is 7.41. The molecule has 1 N–H and O–H groups in total. The highest BCUT2D eigenvalue weighted by atomic mass is 32.2. The van der Waals surface area contributed by atoms with Gasteiger partial charge in [-0.1, -0.05) is 31.5 Å². The number of amides is 2. The number of hydrogen-bond donors (Lipinski definition) is 1. The monoisotopic (exact) mass is 338 g/mol. The fraction of sp³-hybridized carbons (Fsp3) is 0.588. The number of anilines is 1. The standard InChI is InChI=1S/C17H26N2O3S/c1-4-7-14-8-5-6-9-16(14)18-17(20)19(15-10-11-15)13(2)12-23(3,21)22/h5-6,8-9,13,15H,4,7,10-12H2,1-3H3,(H,18,20)/t13-/m0/s1. The molecule has 1 aromatic rings. The number of nitrogens with zero attached hydrogens (tertiary/aromatic N) is 1. The molecule has 0 radical (unpaired) electrons. The van der Waals surface area contributed by atoms with Crippen LogP contribution in [-0.2, 0) is 16.3 Å². The normalized spacial score (nSPS) is 16.0. The van der Waals surface area contributed by atoms with Gasteiger partial charge in [-0.25, -0.2) is 13.2 Å². The molecule has 2 amide bonds. The lowest BCUT2D eigenvalue weighted by atomic mass is 10.1. The second-order valence-corrected chi connectivity index (χ2v) is 8.60. The largest absolute Gasteiger partial charge is 0.322 e. The fourth-order valence-corrected chi connectivity index (χ4v) is 3.94. The number of urea groups is 1. The molecule has 0 heterocycles. The maximum absolute atomic E-state index is 12.7. The second-order valence-electron chi connectivity index (χ2n) is 6.42. The summed E-state index contributed by atoms with van der Waals surface area (Å²) in [4.78, 5) is 14.4. The van der Waals surface area contributed by atoms with Crippen LogP contribution in [0.3, 0.4) is 0 Å². The Labute approximate surface area is 139 Å². The molecule has 0 aliphatic heterocycles. The molecule has 2 rings (SSSR count). The van der Waals surface area contributed by atoms with Crippen LogP contribution in [0, 0.1) is 0 Å². The van der Waals surface area contributed by atoms with Crippen LogP contribution in [0.25, 0.3) is 0 Å². The van der Waals surface area contributed by atoms with Gasteiger partial charge in [0.05, 0.1) is 5.75 Å². The van der Waals surface area contributed by atoms with E-state index in [1.54, 1.807) is 11.8 Å². The van der Waals surface area contributed by atoms with Crippen molar-refractivity contribution in [3.05, 3.63) is 29.8 Å². The van der Waals surface area contributed by atoms with Crippen molar-refractivity contribution in [2.45, 2.75) is 51.6 Å². The zero-order valence-electron chi connectivity index (χ0n) is 14.1. The average molecular weight is 338 g/mol. The third-order valence-corrected chi connectivity index (χ3v) is 5.06. The summed E-state index contributed by atoms with van der Waals surface area (Å²) in [5.74, 6) is -0.00642. The van der Waals surface area contributed by atoms with Gasteiger partial charge < -0.3 is 10.2 Å². The van der Waals surface area contributed by atoms with Crippen molar-refractivity contribution in [1.82, 2.24) is 4.90 Å². The molecule has 6 heteroatoms. The number of benzene rings is 1. The number of carbonyl (C=O) groups excluding carboxylic acids is 1. The number of aryl methyl sites for hydroxylation is 1. The number of sulfone groups is 1. The quantitative estimate of drug-likeness (QED) is 0.831. The molecule has 0 bridgehead atoms. The van der Waals surface area contributed by atoms with Crippen LogP contribution in [0.2, 0.25) is 0 Å². The summed E-state index contributed by atoms with van der Waals surface area (Å²) >= 11 is 0. The maximum atomic E-state index is 12.7. The maximum Gasteiger partial charge on any atom is 0.322 e. The highest BCUT2D eigenvalue weighted by Crippen LogP contribution is 2.30. The summed E-state index contributed by atoms with van der Waals surface area (Å²) in [5.41, 5.74) is 1.92. The highest BCUT2D eigenvalue weighted by molar-refractivity contribution is 7.90. The number of carbonyl (C=O) groups is 1. The van der Waals surface area contributed by atoms with E-state index >= 15 is 0 Å². The smallest absolute Gasteiger partial charge is 0.318 e. The highest BCUT2D eigenvalue weighted by Gasteiger charge is 2.37. The Morgan fingerprint density at radius 1 is 1.35 bits per heavy atom. The van der Waals surface area contributed by atoms with Crippen molar-refractivity contribution < 1.29 is 13.2 Å². The summed E-state index contributed by atoms with van der Waals surface area (Å²) < 4.78 is 23.1. The predicted octanol–water partition coefficient (Wildman–Crippen LogP) is 3.07. The van der Waals surface area contributed by atoms with Crippen LogP contribution in [-0.4, -0.2) is 43.4 Å². The molecule has 0 saturated heterocycles. The zero-order chi connectivity index (χ0) is 17.0. The van der Waals surface area contributed by atoms with Gasteiger partial charge >= 0.3 is 6.03 Å². The molecule has 0 unspecified atom stereocenters. The molecule has 23 heavy (non-hydrogen) atoms. The first kappa shape index (κ1) is 17.8. The third kappa shape index (κ3) is 5.23. The van der Waals surface area contributed by atoms with Gasteiger partial charge in [0.2, 0.25) is 0 Å². The number of rotatable bonds is 7. The Morgan fingerprint density at radius 3 is 2.57 bits per heavy atom. The Kier molecular flexibility index (Phi) is 5.68. The van der Waals surface area contributed by atoms with Crippen molar-refractivity contribution in [2.75, 3.05) is 17.3 Å². The van der Waals surface area contributed by atoms with Crippen molar-refractivity contribution in [1.29, 1.82) is 0 Å². The Bertz CT molecular complexity index is 654. The topological polar surface area (TPSA) is 66.5 Å². The minimum Gasteiger partial charge on any atom is -0.318 e. The van der Waals surface area contributed by atoms with E-state index in [0.29, 0.717) is 0 Å². The van der Waals surface area contributed by atoms with Crippen LogP contribution < -0.4 is 5.32 Å². The number of para-hydroxylation sites is 1. The lowest BCUT2D eigenvalue weighted by Gasteiger charge is -2.29. The summed E-state index contributed by atoms with van der Waals surface area (Å²) in [6.07, 6.45) is 5.00. The van der Waals surface area contributed by atoms with E-state index in [4.69, 9.17) is 0 Å². The lowest BCUT2D eigenvalue weighted by Crippen LogP contribution is -2.46. The Balaban J connectivity index is 2.13. The Hall–Kier alpha value is -1.56. The summed E-state index contributed by atoms with van der Waals surface area (Å²) in [6.45, 7) is 3.90. The van der Waals surface area contributed by atoms with E-state index in [1.807, 2.05) is 24.3 Å². The van der Waals surface area contributed by atoms with E-state index in [9.17, 15) is 13.2 Å². The molecule has 5 nitrogen and oxygen atoms in total. The van der Waals surface area contributed by atoms with Gasteiger partial charge in [0, 0.05) is 24.0 Å². The molecule has 128 valence electrons. The fourth-order valence-electron chi connectivity index (χ4n) is 2.91. The van der Waals surface area contributed by atoms with Crippen LogP contribution in [0.4, 0.5) is 10.5 Å². The van der Waals surface area contributed by atoms with Crippen LogP contribution in [0.5, 0.6) is 0 Å². The predicted molar refractivity (Wildman–Crippen MR) is 93.5 cm³/mol. The first-order valence-electron chi connectivity index (χ1n) is 8.16. The van der Waals surface area contributed by atoms with E-state index in [-0.39, 0.29) is 23.9 Å². The van der Waals surface area contributed by atoms with Gasteiger partial charge in [-0.2, -0.15) is 0 Å². The van der Waals surface area contributed by atoms with Gasteiger partial charge in [-0.3, -0.25) is 0 Å². The van der Waals surface area contributed by atoms with Crippen LogP contribution in [0.1, 0.15) is 38.7 Å². The number of hydrogen-bond acceptors (Lipinski definition) is 3. The molecule has 1 aliphatic rings. The first-order valence-corrected chi connectivity index (χ1v) is 10.2. The van der Waals surface area contributed by atoms with Crippen molar-refractivity contribution >= 4 is 21.6 Å². The van der Waals surface area contributed by atoms with Crippen molar-refractivity contribution in [2.24, 2.45) is 0 Å². The SMILES string of the molecule is CCCc1ccccc1NC(=O)N(C1CC1)[C@@H](C)CS(C)(=O)=O. The van der Waals surface area contributed by atoms with Gasteiger partial charge in [-0.15, -0.1) is 0 Å². The minimum atomic E-state index is -3.12. The third-order valence-electron chi connectivity index (χ3n) is 3.97. The van der Waals surface area contributed by atoms with Crippen molar-refractivity contribution in [3.8, 4) is 0 Å². The zero-order valence-corrected chi connectivity index (χ0v) is 14.9. The molecular weight excluding hydrogens is 312 g/mol. The molecule has 1 atom stereocenters. The lowest BCUT2D eigenvalue weighted by molar-refractivity contribution is 0.194. The molecule has 1 fully saturated rings. The first-order chi connectivity index (χ1) is 10.8. The molecule has 1 aromatic carbocycles. The van der Waals surface area contributed by atoms with E-state index < -0.39 is 9.84 Å². The summed E-state index contributed by atoms with van der Waals surface area (Å²) in [5, 5.41) is 2.98. The van der Waals surface area contributed by atoms with Gasteiger partial charge in [-0.05, 0) is 37.8 Å². The number of nitrogens with one attached hydrogen (secondary N) is 1. The van der Waals surface area contributed by atoms with E-state index in [1.165, 1.54) is 6.26 Å². The molecule has 0 spiro atoms. The van der Waals surface area contributed by atoms with Crippen LogP contribution in [0.15, 0.2) is 24.3 Å². The Morgan fingerprint density at radius 2 is 2.00 bits per heavy atom. The van der Waals surface area contributed by atoms with E-state index in [2.05, 4.69) is 12.2 Å². The molecule has 0 aromatic heterocycles. The molecular formula is C17H26N2O3S. The van der Waals surface area contributed by atoms with Gasteiger partial charge in [0.1, 0.15) is 9.84 Å². The minimum absolute atomic E-state index is 0.00642. The molecule has 1 aliphatic carbocycles. The van der Waals surface area contributed by atoms with Crippen LogP contribution >= 0.6 is 0 Å². The average Bonchev–Trinajstić information content (AvgIpc) is 3.24. The summed E-state index contributed by atoms with van der Waals surface area (Å²) in [7, 11) is -3.12. The molecule has 1 saturated carbocycles. The van der Waals surface area contributed by atoms with E-state index in [0.717, 1.165) is 36.9 Å².